The minimum Gasteiger partial charge on any atom is -0.497 e. The smallest absolute Gasteiger partial charge is 0.244 e. The molecule has 0 aliphatic carbocycles. The van der Waals surface area contributed by atoms with Gasteiger partial charge < -0.3 is 15.0 Å². The third-order valence-electron chi connectivity index (χ3n) is 6.00. The molecule has 8 nitrogen and oxygen atoms in total. The van der Waals surface area contributed by atoms with Crippen molar-refractivity contribution in [3.63, 3.8) is 0 Å². The number of anilines is 2. The van der Waals surface area contributed by atoms with Crippen LogP contribution in [0.1, 0.15) is 23.7 Å². The predicted octanol–water partition coefficient (Wildman–Crippen LogP) is 3.90. The number of hydrogen-bond acceptors (Lipinski definition) is 6. The first kappa shape index (κ1) is 20.9. The van der Waals surface area contributed by atoms with Crippen molar-refractivity contribution in [1.29, 1.82) is 0 Å². The van der Waals surface area contributed by atoms with E-state index < -0.39 is 0 Å². The zero-order chi connectivity index (χ0) is 22.8. The Morgan fingerprint density at radius 3 is 2.88 bits per heavy atom. The van der Waals surface area contributed by atoms with E-state index in [4.69, 9.17) is 9.72 Å². The summed E-state index contributed by atoms with van der Waals surface area (Å²) in [5.74, 6) is 1.05. The molecule has 33 heavy (non-hydrogen) atoms. The number of likely N-dealkylation sites (tertiary alicyclic amines) is 1. The summed E-state index contributed by atoms with van der Waals surface area (Å²) in [6, 6.07) is 19.6. The number of para-hydroxylation sites is 1. The lowest BCUT2D eigenvalue weighted by Crippen LogP contribution is -2.32. The second-order valence-electron chi connectivity index (χ2n) is 8.34. The normalized spacial score (nSPS) is 15.7. The van der Waals surface area contributed by atoms with Gasteiger partial charge in [0.15, 0.2) is 0 Å². The molecule has 1 aliphatic heterocycles. The highest BCUT2D eigenvalue weighted by atomic mass is 16.5. The number of aryl methyl sites for hydroxylation is 1. The van der Waals surface area contributed by atoms with Crippen molar-refractivity contribution < 1.29 is 9.53 Å². The number of carbonyl (C=O) groups excluding carboxylic acids is 1. The SMILES string of the molecule is COc1cccc(Nc2cc(C)nc([C@@H]3CCN(C(=O)Cn4nnc5ccccc54)C3)c2)c1. The molecule has 8 heteroatoms. The van der Waals surface area contributed by atoms with Crippen LogP contribution in [0, 0.1) is 6.92 Å². The highest BCUT2D eigenvalue weighted by Crippen LogP contribution is 2.30. The Morgan fingerprint density at radius 1 is 1.12 bits per heavy atom. The number of fused-ring (bicyclic) bond motifs is 1. The molecular weight excluding hydrogens is 416 g/mol. The highest BCUT2D eigenvalue weighted by molar-refractivity contribution is 5.80. The standard InChI is InChI=1S/C25H26N6O2/c1-17-12-20(27-19-6-5-7-21(13-19)33-2)14-23(26-17)18-10-11-30(15-18)25(32)16-31-24-9-4-3-8-22(24)28-29-31/h3-9,12-14,18H,10-11,15-16H2,1-2H3,(H,26,27)/t18-/m1/s1. The molecule has 0 spiro atoms. The maximum absolute atomic E-state index is 13.0. The maximum atomic E-state index is 13.0. The molecule has 1 saturated heterocycles. The molecule has 3 heterocycles. The van der Waals surface area contributed by atoms with Crippen molar-refractivity contribution >= 4 is 28.3 Å². The van der Waals surface area contributed by atoms with Crippen LogP contribution >= 0.6 is 0 Å². The van der Waals surface area contributed by atoms with Crippen LogP contribution in [0.5, 0.6) is 5.75 Å². The summed E-state index contributed by atoms with van der Waals surface area (Å²) in [6.07, 6.45) is 0.888. The van der Waals surface area contributed by atoms with Crippen LogP contribution in [-0.4, -0.2) is 51.0 Å². The van der Waals surface area contributed by atoms with Crippen LogP contribution in [0.3, 0.4) is 0 Å². The van der Waals surface area contributed by atoms with Gasteiger partial charge >= 0.3 is 0 Å². The summed E-state index contributed by atoms with van der Waals surface area (Å²) in [6.45, 7) is 3.55. The molecule has 1 N–H and O–H groups in total. The molecule has 0 saturated carbocycles. The van der Waals surface area contributed by atoms with E-state index in [9.17, 15) is 4.79 Å². The van der Waals surface area contributed by atoms with E-state index in [1.54, 1.807) is 11.8 Å². The Hall–Kier alpha value is -3.94. The highest BCUT2D eigenvalue weighted by Gasteiger charge is 2.29. The number of rotatable bonds is 6. The molecule has 5 rings (SSSR count). The Balaban J connectivity index is 1.28. The van der Waals surface area contributed by atoms with Gasteiger partial charge in [-0.15, -0.1) is 5.10 Å². The molecule has 1 fully saturated rings. The van der Waals surface area contributed by atoms with Crippen molar-refractivity contribution in [2.75, 3.05) is 25.5 Å². The van der Waals surface area contributed by atoms with Crippen LogP contribution in [0.15, 0.2) is 60.7 Å². The maximum Gasteiger partial charge on any atom is 0.244 e. The second kappa shape index (κ2) is 8.90. The summed E-state index contributed by atoms with van der Waals surface area (Å²) in [5, 5.41) is 11.7. The van der Waals surface area contributed by atoms with Gasteiger partial charge in [0, 0.05) is 47.8 Å². The number of amides is 1. The van der Waals surface area contributed by atoms with Crippen molar-refractivity contribution in [2.45, 2.75) is 25.8 Å². The monoisotopic (exact) mass is 442 g/mol. The Labute approximate surface area is 192 Å². The molecule has 0 unspecified atom stereocenters. The number of nitrogens with zero attached hydrogens (tertiary/aromatic N) is 5. The van der Waals surface area contributed by atoms with Crippen molar-refractivity contribution in [3.8, 4) is 5.75 Å². The van der Waals surface area contributed by atoms with Gasteiger partial charge in [-0.05, 0) is 49.7 Å². The summed E-state index contributed by atoms with van der Waals surface area (Å²) in [5.41, 5.74) is 5.54. The second-order valence-corrected chi connectivity index (χ2v) is 8.34. The molecule has 1 amide bonds. The van der Waals surface area contributed by atoms with Crippen molar-refractivity contribution in [3.05, 3.63) is 72.1 Å². The van der Waals surface area contributed by atoms with E-state index in [-0.39, 0.29) is 18.4 Å². The van der Waals surface area contributed by atoms with Crippen LogP contribution < -0.4 is 10.1 Å². The number of pyridine rings is 1. The van der Waals surface area contributed by atoms with E-state index in [2.05, 4.69) is 21.7 Å². The topological polar surface area (TPSA) is 85.2 Å². The third kappa shape index (κ3) is 4.50. The Morgan fingerprint density at radius 2 is 2.00 bits per heavy atom. The number of aromatic nitrogens is 4. The fourth-order valence-electron chi connectivity index (χ4n) is 4.33. The van der Waals surface area contributed by atoms with Crippen LogP contribution in [0.2, 0.25) is 0 Å². The molecule has 168 valence electrons. The minimum absolute atomic E-state index is 0.0514. The summed E-state index contributed by atoms with van der Waals surface area (Å²) >= 11 is 0. The molecule has 2 aromatic carbocycles. The fraction of sp³-hybridized carbons (Fsp3) is 0.280. The number of ether oxygens (including phenoxy) is 1. The van der Waals surface area contributed by atoms with Crippen LogP contribution in [0.4, 0.5) is 11.4 Å². The lowest BCUT2D eigenvalue weighted by molar-refractivity contribution is -0.130. The van der Waals surface area contributed by atoms with E-state index in [0.29, 0.717) is 13.1 Å². The average molecular weight is 443 g/mol. The molecule has 0 bridgehead atoms. The van der Waals surface area contributed by atoms with Gasteiger partial charge in [0.1, 0.15) is 17.8 Å². The molecular formula is C25H26N6O2. The van der Waals surface area contributed by atoms with Gasteiger partial charge in [-0.1, -0.05) is 23.4 Å². The quantitative estimate of drug-likeness (QED) is 0.487. The van der Waals surface area contributed by atoms with E-state index in [0.717, 1.165) is 46.0 Å². The first-order valence-electron chi connectivity index (χ1n) is 11.0. The average Bonchev–Trinajstić information content (AvgIpc) is 3.47. The van der Waals surface area contributed by atoms with Crippen LogP contribution in [0.25, 0.3) is 11.0 Å². The first-order chi connectivity index (χ1) is 16.1. The number of carbonyl (C=O) groups is 1. The van der Waals surface area contributed by atoms with Gasteiger partial charge in [-0.3, -0.25) is 9.78 Å². The van der Waals surface area contributed by atoms with Gasteiger partial charge in [-0.2, -0.15) is 0 Å². The van der Waals surface area contributed by atoms with Crippen molar-refractivity contribution in [2.24, 2.45) is 0 Å². The predicted molar refractivity (Wildman–Crippen MR) is 127 cm³/mol. The zero-order valence-corrected chi connectivity index (χ0v) is 18.7. The number of methoxy groups -OCH3 is 1. The number of hydrogen-bond donors (Lipinski definition) is 1. The van der Waals surface area contributed by atoms with Crippen LogP contribution in [-0.2, 0) is 11.3 Å². The van der Waals surface area contributed by atoms with E-state index in [1.807, 2.05) is 66.4 Å². The van der Waals surface area contributed by atoms with E-state index in [1.165, 1.54) is 0 Å². The summed E-state index contributed by atoms with van der Waals surface area (Å²) in [7, 11) is 1.66. The molecule has 2 aromatic heterocycles. The van der Waals surface area contributed by atoms with Gasteiger partial charge in [0.2, 0.25) is 5.91 Å². The summed E-state index contributed by atoms with van der Waals surface area (Å²) < 4.78 is 6.99. The lowest BCUT2D eigenvalue weighted by Gasteiger charge is -2.17. The molecule has 4 aromatic rings. The summed E-state index contributed by atoms with van der Waals surface area (Å²) in [4.78, 5) is 19.6. The fourth-order valence-corrected chi connectivity index (χ4v) is 4.33. The Bertz CT molecular complexity index is 1300. The Kier molecular flexibility index (Phi) is 5.64. The molecule has 0 radical (unpaired) electrons. The van der Waals surface area contributed by atoms with E-state index >= 15 is 0 Å². The molecule has 1 aliphatic rings. The first-order valence-corrected chi connectivity index (χ1v) is 11.0. The zero-order valence-electron chi connectivity index (χ0n) is 18.7. The van der Waals surface area contributed by atoms with Gasteiger partial charge in [-0.25, -0.2) is 4.68 Å². The number of benzene rings is 2. The minimum atomic E-state index is 0.0514. The lowest BCUT2D eigenvalue weighted by atomic mass is 10.0. The number of nitrogens with one attached hydrogen (secondary N) is 1. The van der Waals surface area contributed by atoms with Crippen molar-refractivity contribution in [1.82, 2.24) is 24.9 Å². The van der Waals surface area contributed by atoms with Gasteiger partial charge in [0.25, 0.3) is 0 Å². The molecule has 1 atom stereocenters. The third-order valence-corrected chi connectivity index (χ3v) is 6.00. The largest absolute Gasteiger partial charge is 0.497 e. The van der Waals surface area contributed by atoms with Gasteiger partial charge in [0.05, 0.1) is 12.6 Å².